The van der Waals surface area contributed by atoms with Crippen molar-refractivity contribution in [3.05, 3.63) is 0 Å². The molecule has 0 spiro atoms. The molecule has 1 N–H and O–H groups in total. The summed E-state index contributed by atoms with van der Waals surface area (Å²) in [6.07, 6.45) is 0. The van der Waals surface area contributed by atoms with Crippen molar-refractivity contribution >= 4 is 26.6 Å². The Morgan fingerprint density at radius 3 is 2.08 bits per heavy atom. The Morgan fingerprint density at radius 2 is 1.77 bits per heavy atom. The SMILES string of the molecule is C[Si]O[Si](C)(CCO)O[Si](C)(C)C. The van der Waals surface area contributed by atoms with Crippen molar-refractivity contribution in [2.24, 2.45) is 0 Å². The minimum absolute atomic E-state index is 0.164. The number of aliphatic hydroxyl groups is 1. The lowest BCUT2D eigenvalue weighted by atomic mass is 10.9. The number of hydrogen-bond acceptors (Lipinski definition) is 3. The van der Waals surface area contributed by atoms with Gasteiger partial charge in [-0.2, -0.15) is 0 Å². The maximum absolute atomic E-state index is 8.92. The van der Waals surface area contributed by atoms with E-state index in [-0.39, 0.29) is 6.61 Å². The fourth-order valence-electron chi connectivity index (χ4n) is 1.19. The van der Waals surface area contributed by atoms with Crippen LogP contribution in [0.25, 0.3) is 0 Å². The molecule has 0 rings (SSSR count). The molecule has 0 aromatic carbocycles. The summed E-state index contributed by atoms with van der Waals surface area (Å²) in [4.78, 5) is 0. The van der Waals surface area contributed by atoms with Gasteiger partial charge < -0.3 is 13.3 Å². The molecule has 0 amide bonds. The van der Waals surface area contributed by atoms with Crippen molar-refractivity contribution in [1.82, 2.24) is 0 Å². The second kappa shape index (κ2) is 5.42. The van der Waals surface area contributed by atoms with Crippen molar-refractivity contribution in [2.45, 2.75) is 38.8 Å². The van der Waals surface area contributed by atoms with Crippen molar-refractivity contribution < 1.29 is 13.3 Å². The largest absolute Gasteiger partial charge is 0.437 e. The molecule has 6 heteroatoms. The Morgan fingerprint density at radius 1 is 1.23 bits per heavy atom. The molecule has 1 atom stereocenters. The lowest BCUT2D eigenvalue weighted by molar-refractivity contribution is 0.295. The third-order valence-corrected chi connectivity index (χ3v) is 9.26. The van der Waals surface area contributed by atoms with E-state index in [1.807, 2.05) is 13.1 Å². The predicted octanol–water partition coefficient (Wildman–Crippen LogP) is 1.59. The second-order valence-corrected chi connectivity index (χ2v) is 13.2. The molecule has 0 bridgehead atoms. The van der Waals surface area contributed by atoms with E-state index in [9.17, 15) is 0 Å². The molecule has 0 saturated heterocycles. The maximum Gasteiger partial charge on any atom is 0.316 e. The molecule has 0 fully saturated rings. The fourth-order valence-corrected chi connectivity index (χ4v) is 9.86. The van der Waals surface area contributed by atoms with Gasteiger partial charge in [0.15, 0.2) is 8.32 Å². The van der Waals surface area contributed by atoms with E-state index in [4.69, 9.17) is 13.3 Å². The molecule has 13 heavy (non-hydrogen) atoms. The van der Waals surface area contributed by atoms with Crippen molar-refractivity contribution in [1.29, 1.82) is 0 Å². The van der Waals surface area contributed by atoms with Gasteiger partial charge in [-0.25, -0.2) is 0 Å². The highest BCUT2D eigenvalue weighted by molar-refractivity contribution is 6.83. The second-order valence-electron chi connectivity index (χ2n) is 4.13. The first kappa shape index (κ1) is 13.5. The van der Waals surface area contributed by atoms with Crippen LogP contribution < -0.4 is 0 Å². The zero-order valence-electron chi connectivity index (χ0n) is 9.18. The highest BCUT2D eigenvalue weighted by atomic mass is 28.5. The first-order valence-electron chi connectivity index (χ1n) is 4.49. The maximum atomic E-state index is 8.92. The van der Waals surface area contributed by atoms with Crippen LogP contribution in [0.5, 0.6) is 0 Å². The Hall–Kier alpha value is 0.531. The molecule has 78 valence electrons. The predicted molar refractivity (Wildman–Crippen MR) is 60.6 cm³/mol. The third-order valence-electron chi connectivity index (χ3n) is 1.41. The molecule has 0 aliphatic rings. The summed E-state index contributed by atoms with van der Waals surface area (Å²) in [5, 5.41) is 8.92. The van der Waals surface area contributed by atoms with Gasteiger partial charge in [-0.05, 0) is 32.7 Å². The van der Waals surface area contributed by atoms with Crippen LogP contribution in [0.4, 0.5) is 0 Å². The quantitative estimate of drug-likeness (QED) is 0.712. The zero-order valence-corrected chi connectivity index (χ0v) is 12.2. The smallest absolute Gasteiger partial charge is 0.316 e. The summed E-state index contributed by atoms with van der Waals surface area (Å²) in [6.45, 7) is 10.7. The number of hydrogen-bond donors (Lipinski definition) is 1. The third kappa shape index (κ3) is 6.58. The van der Waals surface area contributed by atoms with Gasteiger partial charge in [-0.15, -0.1) is 0 Å². The van der Waals surface area contributed by atoms with Gasteiger partial charge >= 0.3 is 8.56 Å². The summed E-state index contributed by atoms with van der Waals surface area (Å²) in [5.74, 6) is 0. The Balaban J connectivity index is 4.22. The molecular formula is C7H20O3Si3. The van der Waals surface area contributed by atoms with Crippen molar-refractivity contribution in [2.75, 3.05) is 6.61 Å². The standard InChI is InChI=1S/C7H20O3Si3/c1-11-9-13(5,7-6-8)10-12(2,3)4/h8H,6-7H2,1-5H3. The summed E-state index contributed by atoms with van der Waals surface area (Å²) in [6, 6.07) is 0.679. The monoisotopic (exact) mass is 236 g/mol. The highest BCUT2D eigenvalue weighted by Gasteiger charge is 2.35. The van der Waals surface area contributed by atoms with E-state index in [0.717, 1.165) is 0 Å². The fraction of sp³-hybridized carbons (Fsp3) is 1.00. The van der Waals surface area contributed by atoms with Gasteiger partial charge in [0.2, 0.25) is 9.76 Å². The molecule has 2 radical (unpaired) electrons. The minimum Gasteiger partial charge on any atom is -0.437 e. The molecular weight excluding hydrogens is 216 g/mol. The van der Waals surface area contributed by atoms with Crippen molar-refractivity contribution in [3.8, 4) is 0 Å². The molecule has 0 aromatic rings. The average molecular weight is 236 g/mol. The van der Waals surface area contributed by atoms with E-state index < -0.39 is 16.9 Å². The minimum atomic E-state index is -2.06. The topological polar surface area (TPSA) is 38.7 Å². The van der Waals surface area contributed by atoms with E-state index in [0.29, 0.717) is 15.8 Å². The van der Waals surface area contributed by atoms with Gasteiger partial charge in [0.05, 0.1) is 0 Å². The van der Waals surface area contributed by atoms with E-state index in [1.165, 1.54) is 0 Å². The van der Waals surface area contributed by atoms with Crippen molar-refractivity contribution in [3.63, 3.8) is 0 Å². The van der Waals surface area contributed by atoms with Gasteiger partial charge in [-0.1, -0.05) is 0 Å². The van der Waals surface area contributed by atoms with Crippen LogP contribution in [0.1, 0.15) is 0 Å². The van der Waals surface area contributed by atoms with Crippen LogP contribution in [0.3, 0.4) is 0 Å². The zero-order chi connectivity index (χ0) is 10.5. The Bertz CT molecular complexity index is 140. The molecule has 0 aromatic heterocycles. The highest BCUT2D eigenvalue weighted by Crippen LogP contribution is 2.18. The van der Waals surface area contributed by atoms with Gasteiger partial charge in [-0.3, -0.25) is 0 Å². The molecule has 1 unspecified atom stereocenters. The van der Waals surface area contributed by atoms with Crippen LogP contribution in [-0.4, -0.2) is 38.4 Å². The Kier molecular flexibility index (Phi) is 5.64. The van der Waals surface area contributed by atoms with Gasteiger partial charge in [0.1, 0.15) is 0 Å². The molecule has 0 heterocycles. The number of aliphatic hydroxyl groups excluding tert-OH is 1. The van der Waals surface area contributed by atoms with E-state index in [1.54, 1.807) is 0 Å². The Labute approximate surface area is 85.8 Å². The molecule has 0 aliphatic heterocycles. The summed E-state index contributed by atoms with van der Waals surface area (Å²) in [5.41, 5.74) is 0. The average Bonchev–Trinajstić information content (AvgIpc) is 1.82. The first-order valence-corrected chi connectivity index (χ1v) is 11.8. The molecule has 0 saturated carbocycles. The van der Waals surface area contributed by atoms with Crippen LogP contribution in [-0.2, 0) is 8.23 Å². The summed E-state index contributed by atoms with van der Waals surface area (Å²) in [7, 11) is -3.15. The van der Waals surface area contributed by atoms with Crippen LogP contribution in [0, 0.1) is 0 Å². The summed E-state index contributed by atoms with van der Waals surface area (Å²) >= 11 is 0. The van der Waals surface area contributed by atoms with Crippen LogP contribution >= 0.6 is 0 Å². The molecule has 3 nitrogen and oxygen atoms in total. The van der Waals surface area contributed by atoms with E-state index >= 15 is 0 Å². The lowest BCUT2D eigenvalue weighted by Crippen LogP contribution is -2.48. The normalized spacial score (nSPS) is 17.1. The van der Waals surface area contributed by atoms with Gasteiger partial charge in [0, 0.05) is 12.7 Å². The summed E-state index contributed by atoms with van der Waals surface area (Å²) < 4.78 is 11.7. The van der Waals surface area contributed by atoms with Crippen LogP contribution in [0.15, 0.2) is 0 Å². The van der Waals surface area contributed by atoms with Gasteiger partial charge in [0.25, 0.3) is 0 Å². The lowest BCUT2D eigenvalue weighted by Gasteiger charge is -2.33. The number of rotatable bonds is 6. The first-order chi connectivity index (χ1) is 5.83. The molecule has 0 aliphatic carbocycles. The van der Waals surface area contributed by atoms with Crippen LogP contribution in [0.2, 0.25) is 38.8 Å². The van der Waals surface area contributed by atoms with E-state index in [2.05, 4.69) is 19.6 Å².